The molecule has 0 aromatic carbocycles. The van der Waals surface area contributed by atoms with E-state index in [2.05, 4.69) is 34.6 Å². The van der Waals surface area contributed by atoms with Crippen LogP contribution in [0, 0.1) is 11.3 Å². The summed E-state index contributed by atoms with van der Waals surface area (Å²) in [7, 11) is 0. The van der Waals surface area contributed by atoms with Crippen LogP contribution in [0.1, 0.15) is 80.6 Å². The van der Waals surface area contributed by atoms with E-state index in [1.54, 1.807) is 0 Å². The standard InChI is InChI=1S/C9H18.C3H8.C2H6/c1-4-8-6-7-9(8,3)5-2;1-3-2;1-2/h8H,4-7H2,1-3H3;3H2,1-2H3;1-2H3/t8?,9-;;/m0../s1. The molecule has 2 atom stereocenters. The molecule has 0 N–H and O–H groups in total. The van der Waals surface area contributed by atoms with Gasteiger partial charge in [0.05, 0.1) is 0 Å². The van der Waals surface area contributed by atoms with Gasteiger partial charge in [0.25, 0.3) is 0 Å². The van der Waals surface area contributed by atoms with Crippen LogP contribution in [0.2, 0.25) is 0 Å². The summed E-state index contributed by atoms with van der Waals surface area (Å²) in [6.07, 6.45) is 6.98. The summed E-state index contributed by atoms with van der Waals surface area (Å²) in [5, 5.41) is 0. The molecule has 0 aliphatic heterocycles. The largest absolute Gasteiger partial charge is 0.0683 e. The van der Waals surface area contributed by atoms with Crippen molar-refractivity contribution < 1.29 is 0 Å². The highest BCUT2D eigenvalue weighted by atomic mass is 14.4. The summed E-state index contributed by atoms with van der Waals surface area (Å²) in [6.45, 7) is 15.3. The van der Waals surface area contributed by atoms with E-state index >= 15 is 0 Å². The van der Waals surface area contributed by atoms with E-state index in [9.17, 15) is 0 Å². The Bertz CT molecular complexity index is 101. The Balaban J connectivity index is 0. The lowest BCUT2D eigenvalue weighted by atomic mass is 9.59. The lowest BCUT2D eigenvalue weighted by Gasteiger charge is -2.46. The Morgan fingerprint density at radius 3 is 1.57 bits per heavy atom. The third-order valence-electron chi connectivity index (χ3n) is 3.35. The van der Waals surface area contributed by atoms with Crippen molar-refractivity contribution in [1.82, 2.24) is 0 Å². The molecule has 1 rings (SSSR count). The van der Waals surface area contributed by atoms with Gasteiger partial charge < -0.3 is 0 Å². The summed E-state index contributed by atoms with van der Waals surface area (Å²) in [5.41, 5.74) is 0.731. The molecule has 0 heterocycles. The van der Waals surface area contributed by atoms with Crippen molar-refractivity contribution in [2.75, 3.05) is 0 Å². The zero-order valence-electron chi connectivity index (χ0n) is 11.6. The van der Waals surface area contributed by atoms with Crippen molar-refractivity contribution >= 4 is 0 Å². The van der Waals surface area contributed by atoms with Gasteiger partial charge >= 0.3 is 0 Å². The maximum Gasteiger partial charge on any atom is -0.0300 e. The van der Waals surface area contributed by atoms with Crippen LogP contribution in [-0.4, -0.2) is 0 Å². The van der Waals surface area contributed by atoms with Crippen LogP contribution < -0.4 is 0 Å². The second-order valence-corrected chi connectivity index (χ2v) is 4.36. The molecule has 1 unspecified atom stereocenters. The maximum absolute atomic E-state index is 2.44. The van der Waals surface area contributed by atoms with Crippen molar-refractivity contribution in [2.24, 2.45) is 11.3 Å². The Kier molecular flexibility index (Phi) is 11.2. The quantitative estimate of drug-likeness (QED) is 0.539. The predicted octanol–water partition coefficient (Wildman–Crippen LogP) is 5.67. The normalized spacial score (nSPS) is 28.9. The number of hydrogen-bond donors (Lipinski definition) is 0. The molecule has 88 valence electrons. The maximum atomic E-state index is 2.44. The van der Waals surface area contributed by atoms with E-state index in [1.807, 2.05) is 13.8 Å². The van der Waals surface area contributed by atoms with Crippen LogP contribution in [0.4, 0.5) is 0 Å². The van der Waals surface area contributed by atoms with Crippen LogP contribution in [0.5, 0.6) is 0 Å². The molecular formula is C14H32. The molecule has 1 saturated carbocycles. The molecule has 0 radical (unpaired) electrons. The zero-order valence-corrected chi connectivity index (χ0v) is 11.6. The van der Waals surface area contributed by atoms with E-state index in [0.29, 0.717) is 0 Å². The van der Waals surface area contributed by atoms with Gasteiger partial charge in [-0.15, -0.1) is 0 Å². The summed E-state index contributed by atoms with van der Waals surface area (Å²) < 4.78 is 0. The average Bonchev–Trinajstić information content (AvgIpc) is 2.20. The third-order valence-corrected chi connectivity index (χ3v) is 3.35. The SMILES string of the molecule is CC.CCC.CCC1CC[C@]1(C)CC. The van der Waals surface area contributed by atoms with Crippen molar-refractivity contribution in [2.45, 2.75) is 80.6 Å². The van der Waals surface area contributed by atoms with E-state index < -0.39 is 0 Å². The highest BCUT2D eigenvalue weighted by Gasteiger charge is 2.39. The molecule has 1 aliphatic carbocycles. The second kappa shape index (κ2) is 9.55. The fourth-order valence-electron chi connectivity index (χ4n) is 2.00. The van der Waals surface area contributed by atoms with E-state index in [1.165, 1.54) is 32.1 Å². The number of hydrogen-bond acceptors (Lipinski definition) is 0. The van der Waals surface area contributed by atoms with Gasteiger partial charge in [0.15, 0.2) is 0 Å². The van der Waals surface area contributed by atoms with Gasteiger partial charge in [-0.1, -0.05) is 67.7 Å². The monoisotopic (exact) mass is 200 g/mol. The van der Waals surface area contributed by atoms with Crippen LogP contribution >= 0.6 is 0 Å². The first-order valence-corrected chi connectivity index (χ1v) is 6.64. The third kappa shape index (κ3) is 5.02. The van der Waals surface area contributed by atoms with Crippen LogP contribution in [-0.2, 0) is 0 Å². The molecule has 0 saturated heterocycles. The van der Waals surface area contributed by atoms with Crippen molar-refractivity contribution in [3.05, 3.63) is 0 Å². The molecule has 0 nitrogen and oxygen atoms in total. The molecular weight excluding hydrogens is 168 g/mol. The highest BCUT2D eigenvalue weighted by Crippen LogP contribution is 2.50. The van der Waals surface area contributed by atoms with Gasteiger partial charge in [0.1, 0.15) is 0 Å². The molecule has 0 amide bonds. The molecule has 0 aromatic heterocycles. The first kappa shape index (κ1) is 16.4. The minimum Gasteiger partial charge on any atom is -0.0683 e. The fraction of sp³-hybridized carbons (Fsp3) is 1.00. The van der Waals surface area contributed by atoms with Gasteiger partial charge in [0.2, 0.25) is 0 Å². The van der Waals surface area contributed by atoms with Gasteiger partial charge in [-0.2, -0.15) is 0 Å². The summed E-state index contributed by atoms with van der Waals surface area (Å²) >= 11 is 0. The van der Waals surface area contributed by atoms with Crippen molar-refractivity contribution in [3.63, 3.8) is 0 Å². The second-order valence-electron chi connectivity index (χ2n) is 4.36. The van der Waals surface area contributed by atoms with Gasteiger partial charge in [-0.25, -0.2) is 0 Å². The first-order valence-electron chi connectivity index (χ1n) is 6.64. The molecule has 0 bridgehead atoms. The van der Waals surface area contributed by atoms with Gasteiger partial charge in [-0.3, -0.25) is 0 Å². The van der Waals surface area contributed by atoms with Crippen LogP contribution in [0.15, 0.2) is 0 Å². The Hall–Kier alpha value is 0. The Morgan fingerprint density at radius 2 is 1.50 bits per heavy atom. The molecule has 0 spiro atoms. The Morgan fingerprint density at radius 1 is 1.07 bits per heavy atom. The van der Waals surface area contributed by atoms with Gasteiger partial charge in [-0.05, 0) is 24.2 Å². The summed E-state index contributed by atoms with van der Waals surface area (Å²) in [6, 6.07) is 0. The lowest BCUT2D eigenvalue weighted by Crippen LogP contribution is -2.36. The van der Waals surface area contributed by atoms with Crippen molar-refractivity contribution in [1.29, 1.82) is 0 Å². The highest BCUT2D eigenvalue weighted by molar-refractivity contribution is 4.89. The summed E-state index contributed by atoms with van der Waals surface area (Å²) in [5.74, 6) is 1.04. The van der Waals surface area contributed by atoms with E-state index in [0.717, 1.165) is 11.3 Å². The zero-order chi connectivity index (χ0) is 11.6. The van der Waals surface area contributed by atoms with E-state index in [4.69, 9.17) is 0 Å². The smallest absolute Gasteiger partial charge is 0.0300 e. The minimum atomic E-state index is 0.731. The Labute approximate surface area is 92.5 Å². The van der Waals surface area contributed by atoms with Crippen LogP contribution in [0.3, 0.4) is 0 Å². The first-order chi connectivity index (χ1) is 6.64. The fourth-order valence-corrected chi connectivity index (χ4v) is 2.00. The topological polar surface area (TPSA) is 0 Å². The molecule has 0 heteroatoms. The number of rotatable bonds is 2. The molecule has 0 aromatic rings. The summed E-state index contributed by atoms with van der Waals surface area (Å²) in [4.78, 5) is 0. The molecule has 1 fully saturated rings. The van der Waals surface area contributed by atoms with Crippen LogP contribution in [0.25, 0.3) is 0 Å². The molecule has 1 aliphatic rings. The van der Waals surface area contributed by atoms with Crippen molar-refractivity contribution in [3.8, 4) is 0 Å². The average molecular weight is 200 g/mol. The lowest BCUT2D eigenvalue weighted by molar-refractivity contribution is 0.0432. The van der Waals surface area contributed by atoms with E-state index in [-0.39, 0.29) is 0 Å². The molecule has 14 heavy (non-hydrogen) atoms. The van der Waals surface area contributed by atoms with Gasteiger partial charge in [0, 0.05) is 0 Å². The predicted molar refractivity (Wildman–Crippen MR) is 68.7 cm³/mol. The minimum absolute atomic E-state index is 0.731.